The molecule has 0 atom stereocenters. The quantitative estimate of drug-likeness (QED) is 0.483. The fraction of sp³-hybridized carbons (Fsp3) is 0.143. The van der Waals surface area contributed by atoms with Gasteiger partial charge in [-0.25, -0.2) is 17.2 Å². The SMILES string of the molecule is COc1cc(-c2cc(F)c(F)cc2NS(=O)(=O)c2ccccc2)cc(OC)c1C(F)(F)F. The van der Waals surface area contributed by atoms with Gasteiger partial charge in [-0.2, -0.15) is 13.2 Å². The number of halogens is 5. The average molecular weight is 473 g/mol. The van der Waals surface area contributed by atoms with Crippen LogP contribution >= 0.6 is 0 Å². The molecule has 3 aromatic carbocycles. The van der Waals surface area contributed by atoms with E-state index in [2.05, 4.69) is 4.72 Å². The predicted molar refractivity (Wildman–Crippen MR) is 107 cm³/mol. The Morgan fingerprint density at radius 2 is 1.38 bits per heavy atom. The molecule has 3 rings (SSSR count). The third-order valence-electron chi connectivity index (χ3n) is 4.46. The van der Waals surface area contributed by atoms with Crippen LogP contribution in [0.5, 0.6) is 11.5 Å². The number of sulfonamides is 1. The Hall–Kier alpha value is -3.34. The molecule has 0 aliphatic rings. The van der Waals surface area contributed by atoms with Crippen LogP contribution in [0.3, 0.4) is 0 Å². The van der Waals surface area contributed by atoms with E-state index < -0.39 is 50.6 Å². The van der Waals surface area contributed by atoms with Crippen molar-refractivity contribution < 1.29 is 39.8 Å². The van der Waals surface area contributed by atoms with Crippen molar-refractivity contribution in [1.29, 1.82) is 0 Å². The molecule has 0 saturated carbocycles. The Morgan fingerprint density at radius 3 is 1.88 bits per heavy atom. The molecule has 0 fully saturated rings. The molecule has 3 aromatic rings. The first kappa shape index (κ1) is 23.3. The number of hydrogen-bond acceptors (Lipinski definition) is 4. The summed E-state index contributed by atoms with van der Waals surface area (Å²) in [5.41, 5.74) is -1.93. The van der Waals surface area contributed by atoms with Gasteiger partial charge in [0.25, 0.3) is 10.0 Å². The second-order valence-corrected chi connectivity index (χ2v) is 8.17. The van der Waals surface area contributed by atoms with Crippen LogP contribution in [-0.4, -0.2) is 22.6 Å². The van der Waals surface area contributed by atoms with E-state index in [1.807, 2.05) is 0 Å². The number of hydrogen-bond donors (Lipinski definition) is 1. The van der Waals surface area contributed by atoms with Crippen molar-refractivity contribution in [3.05, 3.63) is 71.8 Å². The lowest BCUT2D eigenvalue weighted by Crippen LogP contribution is -2.14. The van der Waals surface area contributed by atoms with Gasteiger partial charge in [0.15, 0.2) is 11.6 Å². The Labute approximate surface area is 180 Å². The van der Waals surface area contributed by atoms with Crippen LogP contribution in [0.4, 0.5) is 27.6 Å². The molecule has 0 bridgehead atoms. The third-order valence-corrected chi connectivity index (χ3v) is 5.84. The second-order valence-electron chi connectivity index (χ2n) is 6.48. The highest BCUT2D eigenvalue weighted by Gasteiger charge is 2.38. The minimum atomic E-state index is -4.83. The number of nitrogens with one attached hydrogen (secondary N) is 1. The maximum Gasteiger partial charge on any atom is 0.423 e. The normalized spacial score (nSPS) is 11.8. The Balaban J connectivity index is 2.22. The van der Waals surface area contributed by atoms with E-state index in [-0.39, 0.29) is 16.0 Å². The van der Waals surface area contributed by atoms with Gasteiger partial charge in [-0.05, 0) is 35.9 Å². The van der Waals surface area contributed by atoms with Gasteiger partial charge < -0.3 is 9.47 Å². The largest absolute Gasteiger partial charge is 0.496 e. The molecular formula is C21H16F5NO4S. The minimum absolute atomic E-state index is 0.101. The monoisotopic (exact) mass is 473 g/mol. The van der Waals surface area contributed by atoms with Crippen molar-refractivity contribution >= 4 is 15.7 Å². The van der Waals surface area contributed by atoms with Crippen molar-refractivity contribution in [2.45, 2.75) is 11.1 Å². The molecule has 0 heterocycles. The first-order valence-electron chi connectivity index (χ1n) is 8.88. The van der Waals surface area contributed by atoms with Gasteiger partial charge in [-0.15, -0.1) is 0 Å². The molecule has 0 amide bonds. The number of ether oxygens (including phenoxy) is 2. The first-order chi connectivity index (χ1) is 15.0. The zero-order valence-corrected chi connectivity index (χ0v) is 17.4. The van der Waals surface area contributed by atoms with E-state index >= 15 is 0 Å². The molecule has 0 aromatic heterocycles. The molecule has 0 aliphatic heterocycles. The third kappa shape index (κ3) is 4.62. The van der Waals surface area contributed by atoms with Gasteiger partial charge in [0.1, 0.15) is 17.1 Å². The lowest BCUT2D eigenvalue weighted by molar-refractivity contribution is -0.139. The summed E-state index contributed by atoms with van der Waals surface area (Å²) >= 11 is 0. The summed E-state index contributed by atoms with van der Waals surface area (Å²) in [6.45, 7) is 0. The van der Waals surface area contributed by atoms with Crippen LogP contribution in [0.15, 0.2) is 59.5 Å². The Bertz CT molecular complexity index is 1220. The summed E-state index contributed by atoms with van der Waals surface area (Å²) in [5, 5.41) is 0. The zero-order valence-electron chi connectivity index (χ0n) is 16.6. The van der Waals surface area contributed by atoms with Gasteiger partial charge in [0.2, 0.25) is 0 Å². The molecule has 5 nitrogen and oxygen atoms in total. The summed E-state index contributed by atoms with van der Waals surface area (Å²) in [7, 11) is -2.22. The summed E-state index contributed by atoms with van der Waals surface area (Å²) in [5.74, 6) is -3.98. The van der Waals surface area contributed by atoms with Crippen molar-refractivity contribution in [2.75, 3.05) is 18.9 Å². The van der Waals surface area contributed by atoms with Crippen LogP contribution in [0.25, 0.3) is 11.1 Å². The maximum absolute atomic E-state index is 14.0. The number of benzene rings is 3. The highest BCUT2D eigenvalue weighted by molar-refractivity contribution is 7.92. The fourth-order valence-corrected chi connectivity index (χ4v) is 4.11. The van der Waals surface area contributed by atoms with Crippen LogP contribution in [0.2, 0.25) is 0 Å². The lowest BCUT2D eigenvalue weighted by Gasteiger charge is -2.19. The second kappa shape index (κ2) is 8.65. The predicted octanol–water partition coefficient (Wildman–Crippen LogP) is 5.47. The van der Waals surface area contributed by atoms with E-state index in [9.17, 15) is 30.4 Å². The number of alkyl halides is 3. The van der Waals surface area contributed by atoms with Crippen molar-refractivity contribution in [3.8, 4) is 22.6 Å². The highest BCUT2D eigenvalue weighted by Crippen LogP contribution is 2.46. The van der Waals surface area contributed by atoms with Crippen molar-refractivity contribution in [3.63, 3.8) is 0 Å². The minimum Gasteiger partial charge on any atom is -0.496 e. The van der Waals surface area contributed by atoms with Gasteiger partial charge >= 0.3 is 6.18 Å². The summed E-state index contributed by atoms with van der Waals surface area (Å²) < 4.78 is 106. The molecule has 0 saturated heterocycles. The van der Waals surface area contributed by atoms with Crippen LogP contribution in [-0.2, 0) is 16.2 Å². The van der Waals surface area contributed by atoms with E-state index in [0.29, 0.717) is 12.1 Å². The van der Waals surface area contributed by atoms with Crippen molar-refractivity contribution in [2.24, 2.45) is 0 Å². The number of rotatable bonds is 6. The smallest absolute Gasteiger partial charge is 0.423 e. The topological polar surface area (TPSA) is 64.6 Å². The molecule has 0 spiro atoms. The maximum atomic E-state index is 14.0. The number of methoxy groups -OCH3 is 2. The van der Waals surface area contributed by atoms with Gasteiger partial charge in [0, 0.05) is 11.6 Å². The van der Waals surface area contributed by atoms with E-state index in [4.69, 9.17) is 9.47 Å². The first-order valence-corrected chi connectivity index (χ1v) is 10.4. The van der Waals surface area contributed by atoms with Crippen LogP contribution < -0.4 is 14.2 Å². The van der Waals surface area contributed by atoms with Crippen LogP contribution in [0.1, 0.15) is 5.56 Å². The molecule has 11 heteroatoms. The van der Waals surface area contributed by atoms with E-state index in [0.717, 1.165) is 26.4 Å². The van der Waals surface area contributed by atoms with Crippen molar-refractivity contribution in [1.82, 2.24) is 0 Å². The molecule has 170 valence electrons. The Morgan fingerprint density at radius 1 is 0.844 bits per heavy atom. The van der Waals surface area contributed by atoms with E-state index in [1.165, 1.54) is 24.3 Å². The summed E-state index contributed by atoms with van der Waals surface area (Å²) in [4.78, 5) is -0.154. The van der Waals surface area contributed by atoms with Gasteiger partial charge in [0.05, 0.1) is 24.8 Å². The zero-order chi connectivity index (χ0) is 23.7. The molecule has 0 radical (unpaired) electrons. The molecular weight excluding hydrogens is 457 g/mol. The van der Waals surface area contributed by atoms with E-state index in [1.54, 1.807) is 6.07 Å². The fourth-order valence-electron chi connectivity index (χ4n) is 3.02. The summed E-state index contributed by atoms with van der Waals surface area (Å²) in [6, 6.07) is 10.2. The lowest BCUT2D eigenvalue weighted by atomic mass is 10.00. The number of anilines is 1. The molecule has 1 N–H and O–H groups in total. The highest BCUT2D eigenvalue weighted by atomic mass is 32.2. The standard InChI is InChI=1S/C21H16F5NO4S/c1-30-18-8-12(9-19(31-2)20(18)21(24,25)26)14-10-15(22)16(23)11-17(14)27-32(28,29)13-6-4-3-5-7-13/h3-11,27H,1-2H3. The van der Waals surface area contributed by atoms with Crippen LogP contribution in [0, 0.1) is 11.6 Å². The average Bonchev–Trinajstić information content (AvgIpc) is 2.74. The molecule has 0 aliphatic carbocycles. The summed E-state index contributed by atoms with van der Waals surface area (Å²) in [6.07, 6.45) is -4.83. The Kier molecular flexibility index (Phi) is 6.31. The molecule has 32 heavy (non-hydrogen) atoms. The van der Waals surface area contributed by atoms with Gasteiger partial charge in [-0.1, -0.05) is 18.2 Å². The molecule has 0 unspecified atom stereocenters. The van der Waals surface area contributed by atoms with Gasteiger partial charge in [-0.3, -0.25) is 4.72 Å².